The third-order valence-corrected chi connectivity index (χ3v) is 9.73. The van der Waals surface area contributed by atoms with E-state index < -0.39 is 0 Å². The molecule has 0 N–H and O–H groups in total. The lowest BCUT2D eigenvalue weighted by Crippen LogP contribution is -1.92. The first-order valence-electron chi connectivity index (χ1n) is 16.6. The Morgan fingerprint density at radius 3 is 1.27 bits per heavy atom. The highest BCUT2D eigenvalue weighted by atomic mass is 14.7. The van der Waals surface area contributed by atoms with Gasteiger partial charge in [0.05, 0.1) is 0 Å². The molecule has 0 unspecified atom stereocenters. The molecule has 9 rings (SSSR count). The van der Waals surface area contributed by atoms with Gasteiger partial charge in [0, 0.05) is 11.4 Å². The molecule has 0 atom stereocenters. The largest absolute Gasteiger partial charge is 0.258 e. The quantitative estimate of drug-likeness (QED) is 0.180. The molecule has 0 fully saturated rings. The zero-order chi connectivity index (χ0) is 32.2. The molecule has 226 valence electrons. The van der Waals surface area contributed by atoms with Gasteiger partial charge in [-0.1, -0.05) is 133 Å². The summed E-state index contributed by atoms with van der Waals surface area (Å²) in [6, 6.07) is 60.3. The van der Waals surface area contributed by atoms with Crippen LogP contribution in [0.1, 0.15) is 11.4 Å². The van der Waals surface area contributed by atoms with Crippen molar-refractivity contribution in [2.75, 3.05) is 0 Å². The molecule has 0 amide bonds. The summed E-state index contributed by atoms with van der Waals surface area (Å²) in [5, 5.41) is 10.1. The summed E-state index contributed by atoms with van der Waals surface area (Å²) in [5.41, 5.74) is 11.9. The molecule has 0 bridgehead atoms. The van der Waals surface area contributed by atoms with Gasteiger partial charge in [0.2, 0.25) is 0 Å². The van der Waals surface area contributed by atoms with Crippen LogP contribution in [-0.4, -0.2) is 4.98 Å². The Bertz CT molecular complexity index is 2660. The molecule has 0 aliphatic rings. The second-order valence-electron chi connectivity index (χ2n) is 12.9. The number of nitrogens with zero attached hydrogens (tertiary/aromatic N) is 1. The van der Waals surface area contributed by atoms with Gasteiger partial charge in [0.1, 0.15) is 0 Å². The normalized spacial score (nSPS) is 11.5. The smallest absolute Gasteiger partial charge is 0.0382 e. The second-order valence-corrected chi connectivity index (χ2v) is 12.9. The Morgan fingerprint density at radius 2 is 0.708 bits per heavy atom. The van der Waals surface area contributed by atoms with Gasteiger partial charge < -0.3 is 0 Å². The maximum atomic E-state index is 4.57. The zero-order valence-electron chi connectivity index (χ0n) is 27.0. The van der Waals surface area contributed by atoms with Gasteiger partial charge in [-0.15, -0.1) is 0 Å². The van der Waals surface area contributed by atoms with Crippen molar-refractivity contribution >= 4 is 43.1 Å². The molecule has 1 aromatic heterocycles. The van der Waals surface area contributed by atoms with Gasteiger partial charge in [0.25, 0.3) is 0 Å². The first-order chi connectivity index (χ1) is 23.6. The molecule has 0 saturated heterocycles. The van der Waals surface area contributed by atoms with Crippen LogP contribution in [0.4, 0.5) is 0 Å². The van der Waals surface area contributed by atoms with Gasteiger partial charge >= 0.3 is 0 Å². The van der Waals surface area contributed by atoms with Crippen LogP contribution >= 0.6 is 0 Å². The third-order valence-electron chi connectivity index (χ3n) is 9.73. The maximum absolute atomic E-state index is 4.57. The summed E-state index contributed by atoms with van der Waals surface area (Å²) < 4.78 is 0. The molecular weight excluding hydrogens is 579 g/mol. The lowest BCUT2D eigenvalue weighted by Gasteiger charge is -2.19. The summed E-state index contributed by atoms with van der Waals surface area (Å²) in [6.45, 7) is 4.12. The fraction of sp³-hybridized carbons (Fsp3) is 0.0426. The number of hydrogen-bond donors (Lipinski definition) is 0. The molecular formula is C47H33N. The predicted molar refractivity (Wildman–Crippen MR) is 205 cm³/mol. The SMILES string of the molecule is Cc1cc(-c2ccc(-c3ccc4c(-c5ccc6ccccc6c5)c5ccccc5c(-c5ccc6ccccc6c5)c4c3)cc2)cc(C)n1. The monoisotopic (exact) mass is 611 g/mol. The van der Waals surface area contributed by atoms with Crippen LogP contribution in [0.2, 0.25) is 0 Å². The molecule has 0 saturated carbocycles. The molecule has 0 radical (unpaired) electrons. The number of benzene rings is 8. The van der Waals surface area contributed by atoms with E-state index >= 15 is 0 Å². The van der Waals surface area contributed by atoms with Crippen molar-refractivity contribution in [1.29, 1.82) is 0 Å². The van der Waals surface area contributed by atoms with Crippen LogP contribution in [0, 0.1) is 13.8 Å². The Morgan fingerprint density at radius 1 is 0.292 bits per heavy atom. The van der Waals surface area contributed by atoms with Crippen molar-refractivity contribution in [2.24, 2.45) is 0 Å². The van der Waals surface area contributed by atoms with E-state index in [1.807, 2.05) is 0 Å². The van der Waals surface area contributed by atoms with Crippen molar-refractivity contribution in [3.63, 3.8) is 0 Å². The summed E-state index contributed by atoms with van der Waals surface area (Å²) in [5.74, 6) is 0. The fourth-order valence-corrected chi connectivity index (χ4v) is 7.53. The van der Waals surface area contributed by atoms with Crippen molar-refractivity contribution in [3.8, 4) is 44.5 Å². The van der Waals surface area contributed by atoms with Crippen molar-refractivity contribution in [1.82, 2.24) is 4.98 Å². The average Bonchev–Trinajstić information content (AvgIpc) is 3.13. The molecule has 1 heteroatoms. The molecule has 48 heavy (non-hydrogen) atoms. The third kappa shape index (κ3) is 4.84. The molecule has 0 spiro atoms. The topological polar surface area (TPSA) is 12.9 Å². The number of aryl methyl sites for hydroxylation is 2. The van der Waals surface area contributed by atoms with E-state index in [0.29, 0.717) is 0 Å². The molecule has 1 nitrogen and oxygen atoms in total. The predicted octanol–water partition coefficient (Wildman–Crippen LogP) is 13.0. The maximum Gasteiger partial charge on any atom is 0.0382 e. The number of fused-ring (bicyclic) bond motifs is 4. The van der Waals surface area contributed by atoms with E-state index in [1.54, 1.807) is 0 Å². The van der Waals surface area contributed by atoms with E-state index in [0.717, 1.165) is 11.4 Å². The summed E-state index contributed by atoms with van der Waals surface area (Å²) in [6.07, 6.45) is 0. The van der Waals surface area contributed by atoms with Crippen LogP contribution in [0.25, 0.3) is 87.6 Å². The molecule has 0 aliphatic heterocycles. The minimum absolute atomic E-state index is 1.04. The standard InChI is InChI=1S/C47H33N/c1-30-25-41(26-31(2)48-30)35-17-15-34(16-18-35)38-23-24-44-45(29-38)47(40-22-20-33-10-4-6-12-37(33)28-40)43-14-8-7-13-42(43)46(44)39-21-19-32-9-3-5-11-36(32)27-39/h3-29H,1-2H3. The van der Waals surface area contributed by atoms with Gasteiger partial charge in [-0.05, 0) is 132 Å². The molecule has 8 aromatic carbocycles. The van der Waals surface area contributed by atoms with Crippen molar-refractivity contribution in [2.45, 2.75) is 13.8 Å². The lowest BCUT2D eigenvalue weighted by molar-refractivity contribution is 1.12. The highest BCUT2D eigenvalue weighted by Gasteiger charge is 2.18. The summed E-state index contributed by atoms with van der Waals surface area (Å²) >= 11 is 0. The Hall–Kier alpha value is -6.05. The number of hydrogen-bond acceptors (Lipinski definition) is 1. The minimum atomic E-state index is 1.04. The van der Waals surface area contributed by atoms with Gasteiger partial charge in [-0.3, -0.25) is 4.98 Å². The van der Waals surface area contributed by atoms with E-state index in [1.165, 1.54) is 87.6 Å². The van der Waals surface area contributed by atoms with E-state index in [4.69, 9.17) is 0 Å². The Balaban J connectivity index is 1.31. The Labute approximate surface area is 280 Å². The first-order valence-corrected chi connectivity index (χ1v) is 16.6. The van der Waals surface area contributed by atoms with Crippen LogP contribution in [0.15, 0.2) is 164 Å². The number of rotatable bonds is 4. The second kappa shape index (κ2) is 11.3. The minimum Gasteiger partial charge on any atom is -0.258 e. The van der Waals surface area contributed by atoms with Gasteiger partial charge in [-0.2, -0.15) is 0 Å². The van der Waals surface area contributed by atoms with E-state index in [9.17, 15) is 0 Å². The summed E-state index contributed by atoms with van der Waals surface area (Å²) in [7, 11) is 0. The van der Waals surface area contributed by atoms with E-state index in [-0.39, 0.29) is 0 Å². The van der Waals surface area contributed by atoms with Crippen LogP contribution in [0.3, 0.4) is 0 Å². The van der Waals surface area contributed by atoms with Crippen LogP contribution < -0.4 is 0 Å². The Kier molecular flexibility index (Phi) is 6.66. The average molecular weight is 612 g/mol. The highest BCUT2D eigenvalue weighted by Crippen LogP contribution is 2.45. The zero-order valence-corrected chi connectivity index (χ0v) is 27.0. The van der Waals surface area contributed by atoms with Crippen molar-refractivity contribution < 1.29 is 0 Å². The molecule has 1 heterocycles. The molecule has 9 aromatic rings. The lowest BCUT2D eigenvalue weighted by atomic mass is 9.84. The number of aromatic nitrogens is 1. The van der Waals surface area contributed by atoms with Crippen LogP contribution in [0.5, 0.6) is 0 Å². The highest BCUT2D eigenvalue weighted by molar-refractivity contribution is 6.22. The van der Waals surface area contributed by atoms with Gasteiger partial charge in [0.15, 0.2) is 0 Å². The van der Waals surface area contributed by atoms with Gasteiger partial charge in [-0.25, -0.2) is 0 Å². The number of pyridine rings is 1. The summed E-state index contributed by atoms with van der Waals surface area (Å²) in [4.78, 5) is 4.57. The fourth-order valence-electron chi connectivity index (χ4n) is 7.53. The van der Waals surface area contributed by atoms with E-state index in [2.05, 4.69) is 183 Å². The van der Waals surface area contributed by atoms with Crippen LogP contribution in [-0.2, 0) is 0 Å². The molecule has 0 aliphatic carbocycles. The first kappa shape index (κ1) is 28.2. The van der Waals surface area contributed by atoms with Crippen molar-refractivity contribution in [3.05, 3.63) is 175 Å².